The minimum absolute atomic E-state index is 0.773. The Hall–Kier alpha value is -1.13. The Bertz CT molecular complexity index is 315. The molecule has 0 aromatic rings. The van der Waals surface area contributed by atoms with Crippen LogP contribution in [0.2, 0.25) is 0 Å². The first kappa shape index (κ1) is 16.9. The molecule has 0 aliphatic rings. The lowest BCUT2D eigenvalue weighted by atomic mass is 10.2. The van der Waals surface area contributed by atoms with Crippen LogP contribution < -0.4 is 5.32 Å². The highest BCUT2D eigenvalue weighted by Gasteiger charge is 2.37. The van der Waals surface area contributed by atoms with Crippen LogP contribution in [-0.4, -0.2) is 40.5 Å². The van der Waals surface area contributed by atoms with E-state index in [1.807, 2.05) is 0 Å². The van der Waals surface area contributed by atoms with E-state index in [0.29, 0.717) is 0 Å². The Morgan fingerprint density at radius 2 is 1.67 bits per heavy atom. The molecule has 0 saturated carbocycles. The summed E-state index contributed by atoms with van der Waals surface area (Å²) in [4.78, 5) is 21.2. The number of rotatable bonds is 5. The van der Waals surface area contributed by atoms with Crippen LogP contribution in [0.25, 0.3) is 0 Å². The molecule has 0 aromatic carbocycles. The van der Waals surface area contributed by atoms with Gasteiger partial charge in [0.25, 0.3) is 0 Å². The average Bonchev–Trinajstić information content (AvgIpc) is 2.10. The maximum absolute atomic E-state index is 11.9. The molecule has 1 atom stereocenters. The number of carboxylic acids is 1. The minimum Gasteiger partial charge on any atom is -0.480 e. The Morgan fingerprint density at radius 1 is 1.17 bits per heavy atom. The van der Waals surface area contributed by atoms with Crippen molar-refractivity contribution in [2.75, 3.05) is 5.75 Å². The zero-order valence-corrected chi connectivity index (χ0v) is 9.25. The number of amides is 1. The standard InChI is InChI=1S/C7H7F6NO3S/c8-6(9,10)1-3(5(16)17)14-4(15)2-18-7(11,12)13/h3H,1-2H2,(H,14,15)(H,16,17). The van der Waals surface area contributed by atoms with Crippen LogP contribution in [-0.2, 0) is 9.59 Å². The van der Waals surface area contributed by atoms with Crippen molar-refractivity contribution in [2.24, 2.45) is 0 Å². The van der Waals surface area contributed by atoms with E-state index in [1.165, 1.54) is 5.32 Å². The molecule has 0 spiro atoms. The third-order valence-electron chi connectivity index (χ3n) is 1.44. The van der Waals surface area contributed by atoms with Crippen LogP contribution in [0, 0.1) is 0 Å². The van der Waals surface area contributed by atoms with E-state index in [9.17, 15) is 35.9 Å². The molecule has 0 rings (SSSR count). The molecule has 0 fully saturated rings. The molecule has 106 valence electrons. The van der Waals surface area contributed by atoms with E-state index >= 15 is 0 Å². The topological polar surface area (TPSA) is 66.4 Å². The molecule has 0 saturated heterocycles. The van der Waals surface area contributed by atoms with Gasteiger partial charge in [-0.25, -0.2) is 4.79 Å². The molecule has 0 aliphatic carbocycles. The number of alkyl halides is 6. The summed E-state index contributed by atoms with van der Waals surface area (Å²) in [5, 5.41) is 9.74. The van der Waals surface area contributed by atoms with E-state index in [0.717, 1.165) is 0 Å². The van der Waals surface area contributed by atoms with Gasteiger partial charge in [0, 0.05) is 0 Å². The highest BCUT2D eigenvalue weighted by molar-refractivity contribution is 8.00. The summed E-state index contributed by atoms with van der Waals surface area (Å²) in [6, 6.07) is -2.30. The van der Waals surface area contributed by atoms with Gasteiger partial charge in [0.15, 0.2) is 0 Å². The first-order chi connectivity index (χ1) is 7.91. The van der Waals surface area contributed by atoms with Gasteiger partial charge in [0.2, 0.25) is 5.91 Å². The molecule has 0 bridgehead atoms. The van der Waals surface area contributed by atoms with Crippen molar-refractivity contribution in [3.63, 3.8) is 0 Å². The summed E-state index contributed by atoms with van der Waals surface area (Å²) in [6.07, 6.45) is -6.71. The van der Waals surface area contributed by atoms with Gasteiger partial charge in [-0.05, 0) is 11.8 Å². The molecule has 1 amide bonds. The molecule has 18 heavy (non-hydrogen) atoms. The molecular formula is C7H7F6NO3S. The summed E-state index contributed by atoms with van der Waals surface area (Å²) in [6.45, 7) is 0. The summed E-state index contributed by atoms with van der Waals surface area (Å²) < 4.78 is 70.7. The molecule has 4 nitrogen and oxygen atoms in total. The number of carbonyl (C=O) groups excluding carboxylic acids is 1. The van der Waals surface area contributed by atoms with Crippen LogP contribution >= 0.6 is 11.8 Å². The number of aliphatic carboxylic acids is 1. The lowest BCUT2D eigenvalue weighted by Crippen LogP contribution is -2.44. The first-order valence-electron chi connectivity index (χ1n) is 4.20. The maximum Gasteiger partial charge on any atom is 0.442 e. The van der Waals surface area contributed by atoms with Crippen molar-refractivity contribution < 1.29 is 41.0 Å². The molecule has 0 aromatic heterocycles. The fourth-order valence-electron chi connectivity index (χ4n) is 0.815. The van der Waals surface area contributed by atoms with E-state index in [1.54, 1.807) is 0 Å². The van der Waals surface area contributed by atoms with Crippen molar-refractivity contribution in [3.05, 3.63) is 0 Å². The van der Waals surface area contributed by atoms with Gasteiger partial charge in [-0.3, -0.25) is 4.79 Å². The molecule has 0 aliphatic heterocycles. The second kappa shape index (κ2) is 6.16. The smallest absolute Gasteiger partial charge is 0.442 e. The quantitative estimate of drug-likeness (QED) is 0.759. The zero-order chi connectivity index (χ0) is 14.6. The number of thioether (sulfide) groups is 1. The third-order valence-corrected chi connectivity index (χ3v) is 2.17. The van der Waals surface area contributed by atoms with Gasteiger partial charge in [0.1, 0.15) is 6.04 Å². The zero-order valence-electron chi connectivity index (χ0n) is 8.43. The maximum atomic E-state index is 11.9. The molecule has 11 heteroatoms. The second-order valence-electron chi connectivity index (χ2n) is 3.01. The van der Waals surface area contributed by atoms with Crippen LogP contribution in [0.3, 0.4) is 0 Å². The molecule has 1 unspecified atom stereocenters. The Labute approximate surface area is 101 Å². The predicted octanol–water partition coefficient (Wildman–Crippen LogP) is 1.76. The van der Waals surface area contributed by atoms with Crippen molar-refractivity contribution in [1.29, 1.82) is 0 Å². The normalized spacial score (nSPS) is 14.1. The largest absolute Gasteiger partial charge is 0.480 e. The van der Waals surface area contributed by atoms with Gasteiger partial charge in [-0.1, -0.05) is 0 Å². The van der Waals surface area contributed by atoms with Crippen LogP contribution in [0.1, 0.15) is 6.42 Å². The van der Waals surface area contributed by atoms with Crippen molar-refractivity contribution >= 4 is 23.6 Å². The Morgan fingerprint density at radius 3 is 2.00 bits per heavy atom. The first-order valence-corrected chi connectivity index (χ1v) is 5.19. The summed E-state index contributed by atoms with van der Waals surface area (Å²) in [5.41, 5.74) is -4.72. The van der Waals surface area contributed by atoms with E-state index in [-0.39, 0.29) is 0 Å². The molecule has 2 N–H and O–H groups in total. The SMILES string of the molecule is O=C(CSC(F)(F)F)NC(CC(F)(F)F)C(=O)O. The number of carboxylic acid groups (broad SMARTS) is 1. The fraction of sp³-hybridized carbons (Fsp3) is 0.714. The minimum atomic E-state index is -4.85. The highest BCUT2D eigenvalue weighted by atomic mass is 32.2. The lowest BCUT2D eigenvalue weighted by molar-refractivity contribution is -0.159. The highest BCUT2D eigenvalue weighted by Crippen LogP contribution is 2.29. The number of nitrogens with one attached hydrogen (secondary N) is 1. The van der Waals surface area contributed by atoms with Crippen LogP contribution in [0.4, 0.5) is 26.3 Å². The Kier molecular flexibility index (Phi) is 5.77. The fourth-order valence-corrected chi connectivity index (χ4v) is 1.19. The monoisotopic (exact) mass is 299 g/mol. The van der Waals surface area contributed by atoms with Crippen molar-refractivity contribution in [2.45, 2.75) is 24.1 Å². The van der Waals surface area contributed by atoms with Gasteiger partial charge in [-0.15, -0.1) is 0 Å². The number of halogens is 6. The van der Waals surface area contributed by atoms with Gasteiger partial charge >= 0.3 is 17.7 Å². The summed E-state index contributed by atoms with van der Waals surface area (Å²) in [5.74, 6) is -4.61. The molecule has 0 radical (unpaired) electrons. The van der Waals surface area contributed by atoms with Gasteiger partial charge in [0.05, 0.1) is 12.2 Å². The van der Waals surface area contributed by atoms with Gasteiger partial charge < -0.3 is 10.4 Å². The lowest BCUT2D eigenvalue weighted by Gasteiger charge is -2.16. The average molecular weight is 299 g/mol. The van der Waals surface area contributed by atoms with Crippen LogP contribution in [0.15, 0.2) is 0 Å². The Balaban J connectivity index is 4.34. The third kappa shape index (κ3) is 8.96. The number of carbonyl (C=O) groups is 2. The van der Waals surface area contributed by atoms with E-state index in [2.05, 4.69) is 0 Å². The number of hydrogen-bond acceptors (Lipinski definition) is 3. The van der Waals surface area contributed by atoms with E-state index < -0.39 is 53.5 Å². The van der Waals surface area contributed by atoms with Crippen molar-refractivity contribution in [1.82, 2.24) is 5.32 Å². The summed E-state index contributed by atoms with van der Waals surface area (Å²) >= 11 is -0.773. The number of hydrogen-bond donors (Lipinski definition) is 2. The van der Waals surface area contributed by atoms with E-state index in [4.69, 9.17) is 5.11 Å². The summed E-state index contributed by atoms with van der Waals surface area (Å²) in [7, 11) is 0. The van der Waals surface area contributed by atoms with Crippen molar-refractivity contribution in [3.8, 4) is 0 Å². The molecule has 0 heterocycles. The molecular weight excluding hydrogens is 292 g/mol. The second-order valence-corrected chi connectivity index (χ2v) is 4.05. The predicted molar refractivity (Wildman–Crippen MR) is 48.8 cm³/mol. The van der Waals surface area contributed by atoms with Crippen LogP contribution in [0.5, 0.6) is 0 Å². The van der Waals surface area contributed by atoms with Gasteiger partial charge in [-0.2, -0.15) is 26.3 Å².